The van der Waals surface area contributed by atoms with Gasteiger partial charge in [0.2, 0.25) is 11.8 Å². The first-order valence-electron chi connectivity index (χ1n) is 12.5. The normalized spacial score (nSPS) is 26.1. The van der Waals surface area contributed by atoms with Crippen molar-refractivity contribution in [3.8, 4) is 11.6 Å². The van der Waals surface area contributed by atoms with E-state index in [-0.39, 0.29) is 41.2 Å². The number of thioether (sulfide) groups is 1. The zero-order valence-corrected chi connectivity index (χ0v) is 21.3. The van der Waals surface area contributed by atoms with Gasteiger partial charge in [-0.1, -0.05) is 18.3 Å². The van der Waals surface area contributed by atoms with Crippen molar-refractivity contribution in [2.24, 2.45) is 5.92 Å². The van der Waals surface area contributed by atoms with E-state index in [2.05, 4.69) is 32.7 Å². The Hall–Kier alpha value is -3.90. The Kier molecular flexibility index (Phi) is 6.50. The number of anilines is 1. The summed E-state index contributed by atoms with van der Waals surface area (Å²) < 4.78 is 5.73. The van der Waals surface area contributed by atoms with Crippen LogP contribution in [0.5, 0.6) is 11.6 Å². The lowest BCUT2D eigenvalue weighted by Gasteiger charge is -2.45. The minimum Gasteiger partial charge on any atom is -0.438 e. The SMILES string of the molecule is C=CC(=O)N1CC[C@@H](NC(=O)C2=C3NC(=O)N(c4ccc(Oc5cccnn5)cc4)C4CCNC(S2)C34)C1. The second kappa shape index (κ2) is 10.1. The molecule has 4 amide bonds. The highest BCUT2D eigenvalue weighted by atomic mass is 32.2. The van der Waals surface area contributed by atoms with Crippen molar-refractivity contribution < 1.29 is 19.1 Å². The van der Waals surface area contributed by atoms with Gasteiger partial charge in [-0.25, -0.2) is 4.79 Å². The summed E-state index contributed by atoms with van der Waals surface area (Å²) in [5.41, 5.74) is 1.43. The maximum atomic E-state index is 13.4. The van der Waals surface area contributed by atoms with Gasteiger partial charge in [-0.2, -0.15) is 5.10 Å². The lowest BCUT2D eigenvalue weighted by Crippen LogP contribution is -2.62. The second-order valence-electron chi connectivity index (χ2n) is 9.52. The Morgan fingerprint density at radius 3 is 2.82 bits per heavy atom. The second-order valence-corrected chi connectivity index (χ2v) is 10.7. The maximum absolute atomic E-state index is 13.4. The Balaban J connectivity index is 1.19. The van der Waals surface area contributed by atoms with Gasteiger partial charge >= 0.3 is 6.03 Å². The average Bonchev–Trinajstić information content (AvgIpc) is 3.55. The predicted molar refractivity (Wildman–Crippen MR) is 141 cm³/mol. The Labute approximate surface area is 223 Å². The molecule has 38 heavy (non-hydrogen) atoms. The molecule has 3 unspecified atom stereocenters. The molecule has 11 nitrogen and oxygen atoms in total. The lowest BCUT2D eigenvalue weighted by molar-refractivity contribution is -0.125. The Bertz CT molecular complexity index is 1300. The first-order valence-corrected chi connectivity index (χ1v) is 13.4. The van der Waals surface area contributed by atoms with Gasteiger partial charge in [-0.15, -0.1) is 5.10 Å². The average molecular weight is 534 g/mol. The number of piperidine rings is 1. The van der Waals surface area contributed by atoms with Crippen molar-refractivity contribution in [3.63, 3.8) is 0 Å². The smallest absolute Gasteiger partial charge is 0.326 e. The van der Waals surface area contributed by atoms with Crippen LogP contribution in [-0.2, 0) is 9.59 Å². The molecule has 0 saturated carbocycles. The number of benzene rings is 1. The molecule has 0 radical (unpaired) electrons. The summed E-state index contributed by atoms with van der Waals surface area (Å²) in [6, 6.07) is 10.3. The topological polar surface area (TPSA) is 129 Å². The van der Waals surface area contributed by atoms with Crippen LogP contribution >= 0.6 is 11.8 Å². The van der Waals surface area contributed by atoms with Gasteiger partial charge in [-0.05, 0) is 55.8 Å². The maximum Gasteiger partial charge on any atom is 0.326 e. The number of aromatic nitrogens is 2. The minimum atomic E-state index is -0.263. The third kappa shape index (κ3) is 4.50. The molecule has 0 bridgehead atoms. The summed E-state index contributed by atoms with van der Waals surface area (Å²) in [6.45, 7) is 5.30. The van der Waals surface area contributed by atoms with E-state index in [1.807, 2.05) is 12.1 Å². The molecule has 12 heteroatoms. The zero-order chi connectivity index (χ0) is 26.2. The fourth-order valence-corrected chi connectivity index (χ4v) is 6.92. The fraction of sp³-hybridized carbons (Fsp3) is 0.346. The highest BCUT2D eigenvalue weighted by Crippen LogP contribution is 2.48. The van der Waals surface area contributed by atoms with Gasteiger partial charge in [0.05, 0.1) is 16.3 Å². The van der Waals surface area contributed by atoms with Crippen LogP contribution in [0.1, 0.15) is 12.8 Å². The van der Waals surface area contributed by atoms with Crippen LogP contribution in [0.25, 0.3) is 0 Å². The molecule has 1 aromatic heterocycles. The van der Waals surface area contributed by atoms with Crippen molar-refractivity contribution in [3.05, 3.63) is 65.9 Å². The summed E-state index contributed by atoms with van der Waals surface area (Å²) in [5.74, 6) is 0.580. The molecular formula is C26H27N7O4S. The van der Waals surface area contributed by atoms with E-state index in [1.165, 1.54) is 17.8 Å². The third-order valence-electron chi connectivity index (χ3n) is 7.24. The Morgan fingerprint density at radius 1 is 1.21 bits per heavy atom. The zero-order valence-electron chi connectivity index (χ0n) is 20.5. The number of nitrogens with zero attached hydrogens (tertiary/aromatic N) is 4. The third-order valence-corrected chi connectivity index (χ3v) is 8.60. The number of hydrogen-bond donors (Lipinski definition) is 3. The van der Waals surface area contributed by atoms with E-state index in [1.54, 1.807) is 40.3 Å². The number of amides is 4. The summed E-state index contributed by atoms with van der Waals surface area (Å²) in [7, 11) is 0. The number of urea groups is 1. The van der Waals surface area contributed by atoms with Gasteiger partial charge in [-0.3, -0.25) is 14.5 Å². The van der Waals surface area contributed by atoms with Gasteiger partial charge in [0.25, 0.3) is 5.91 Å². The molecule has 196 valence electrons. The molecule has 4 aliphatic rings. The van der Waals surface area contributed by atoms with Crippen molar-refractivity contribution in [2.45, 2.75) is 30.3 Å². The molecule has 2 aromatic rings. The van der Waals surface area contributed by atoms with Gasteiger partial charge in [0.1, 0.15) is 5.75 Å². The molecule has 3 fully saturated rings. The van der Waals surface area contributed by atoms with Gasteiger partial charge < -0.3 is 25.6 Å². The molecule has 3 saturated heterocycles. The summed E-state index contributed by atoms with van der Waals surface area (Å²) in [5, 5.41) is 17.3. The van der Waals surface area contributed by atoms with Gasteiger partial charge in [0.15, 0.2) is 0 Å². The quantitative estimate of drug-likeness (QED) is 0.481. The van der Waals surface area contributed by atoms with E-state index < -0.39 is 0 Å². The van der Waals surface area contributed by atoms with Gasteiger partial charge in [0, 0.05) is 48.7 Å². The molecule has 4 atom stereocenters. The molecule has 6 rings (SSSR count). The lowest BCUT2D eigenvalue weighted by atomic mass is 9.86. The molecule has 0 spiro atoms. The fourth-order valence-electron chi connectivity index (χ4n) is 5.52. The first kappa shape index (κ1) is 24.4. The number of likely N-dealkylation sites (tertiary alicyclic amines) is 1. The highest BCUT2D eigenvalue weighted by Gasteiger charge is 2.51. The molecular weight excluding hydrogens is 506 g/mol. The number of carbonyl (C=O) groups excluding carboxylic acids is 3. The first-order chi connectivity index (χ1) is 18.5. The van der Waals surface area contributed by atoms with Crippen molar-refractivity contribution in [1.29, 1.82) is 0 Å². The monoisotopic (exact) mass is 533 g/mol. The highest BCUT2D eigenvalue weighted by molar-refractivity contribution is 8.04. The van der Waals surface area contributed by atoms with Crippen LogP contribution in [0.15, 0.2) is 65.9 Å². The van der Waals surface area contributed by atoms with E-state index >= 15 is 0 Å². The minimum absolute atomic E-state index is 0.0192. The number of hydrogen-bond acceptors (Lipinski definition) is 8. The summed E-state index contributed by atoms with van der Waals surface area (Å²) in [6.07, 6.45) is 4.31. The van der Waals surface area contributed by atoms with Crippen molar-refractivity contribution in [1.82, 2.24) is 31.0 Å². The van der Waals surface area contributed by atoms with Crippen LogP contribution in [-0.4, -0.2) is 70.0 Å². The molecule has 5 heterocycles. The molecule has 1 aromatic carbocycles. The summed E-state index contributed by atoms with van der Waals surface area (Å²) in [4.78, 5) is 42.6. The summed E-state index contributed by atoms with van der Waals surface area (Å²) >= 11 is 1.46. The molecule has 4 aliphatic heterocycles. The van der Waals surface area contributed by atoms with Crippen LogP contribution in [0.2, 0.25) is 0 Å². The van der Waals surface area contributed by atoms with E-state index in [9.17, 15) is 14.4 Å². The number of carbonyl (C=O) groups is 3. The largest absolute Gasteiger partial charge is 0.438 e. The standard InChI is InChI=1S/C26H27N7O4S/c1-2-20(34)32-13-10-15(14-32)29-24(35)23-22-21-18(9-12-27-25(21)38-23)33(26(36)30-22)16-5-7-17(8-6-16)37-19-4-3-11-28-31-19/h2-8,11,15,18,21,25,27H,1,9-10,12-14H2,(H,29,35)(H,30,36)/t15-,18?,21?,25?/m1/s1. The number of ether oxygens (including phenoxy) is 1. The van der Waals surface area contributed by atoms with E-state index in [0.717, 1.165) is 18.7 Å². The van der Waals surface area contributed by atoms with Crippen LogP contribution < -0.4 is 25.6 Å². The van der Waals surface area contributed by atoms with Crippen LogP contribution in [0.4, 0.5) is 10.5 Å². The van der Waals surface area contributed by atoms with E-state index in [0.29, 0.717) is 41.7 Å². The predicted octanol–water partition coefficient (Wildman–Crippen LogP) is 1.96. The van der Waals surface area contributed by atoms with E-state index in [4.69, 9.17) is 4.74 Å². The molecule has 0 aliphatic carbocycles. The molecule has 3 N–H and O–H groups in total. The Morgan fingerprint density at radius 2 is 2.05 bits per heavy atom. The van der Waals surface area contributed by atoms with Crippen LogP contribution in [0.3, 0.4) is 0 Å². The van der Waals surface area contributed by atoms with Crippen molar-refractivity contribution >= 4 is 35.3 Å². The van der Waals surface area contributed by atoms with Crippen molar-refractivity contribution in [2.75, 3.05) is 24.5 Å². The number of rotatable bonds is 6. The van der Waals surface area contributed by atoms with Crippen LogP contribution in [0, 0.1) is 5.92 Å². The number of nitrogens with one attached hydrogen (secondary N) is 3.